The van der Waals surface area contributed by atoms with Crippen LogP contribution < -0.4 is 0 Å². The smallest absolute Gasteiger partial charge is 0.255 e. The van der Waals surface area contributed by atoms with Gasteiger partial charge in [-0.15, -0.1) is 0 Å². The lowest BCUT2D eigenvalue weighted by Crippen LogP contribution is -2.39. The molecule has 23 heavy (non-hydrogen) atoms. The van der Waals surface area contributed by atoms with Gasteiger partial charge in [-0.3, -0.25) is 9.78 Å². The largest absolute Gasteiger partial charge is 0.396 e. The van der Waals surface area contributed by atoms with Crippen molar-refractivity contribution in [2.75, 3.05) is 19.7 Å². The third kappa shape index (κ3) is 3.42. The Kier molecular flexibility index (Phi) is 4.72. The molecule has 1 amide bonds. The maximum absolute atomic E-state index is 12.7. The van der Waals surface area contributed by atoms with Crippen LogP contribution in [-0.4, -0.2) is 40.6 Å². The van der Waals surface area contributed by atoms with Gasteiger partial charge in [0.1, 0.15) is 0 Å². The van der Waals surface area contributed by atoms with E-state index >= 15 is 0 Å². The van der Waals surface area contributed by atoms with Gasteiger partial charge in [0.2, 0.25) is 0 Å². The molecule has 0 spiro atoms. The highest BCUT2D eigenvalue weighted by molar-refractivity contribution is 5.95. The first-order valence-electron chi connectivity index (χ1n) is 8.12. The normalized spacial score (nSPS) is 15.7. The molecule has 0 radical (unpaired) electrons. The molecule has 1 N–H and O–H groups in total. The van der Waals surface area contributed by atoms with Gasteiger partial charge in [0, 0.05) is 25.3 Å². The number of nitrogens with zero attached hydrogens (tertiary/aromatic N) is 2. The summed E-state index contributed by atoms with van der Waals surface area (Å²) in [6.07, 6.45) is 1.74. The Labute approximate surface area is 136 Å². The number of carbonyl (C=O) groups excluding carboxylic acids is 1. The average Bonchev–Trinajstić information content (AvgIpc) is 2.62. The SMILES string of the molecule is Cc1nc(-c2ccccc2)ccc1C(=O)N1CCC(CO)CC1. The molecule has 3 rings (SSSR count). The summed E-state index contributed by atoms with van der Waals surface area (Å²) in [5.74, 6) is 0.379. The Hall–Kier alpha value is -2.20. The first-order chi connectivity index (χ1) is 11.2. The van der Waals surface area contributed by atoms with Crippen LogP contribution in [0, 0.1) is 12.8 Å². The van der Waals surface area contributed by atoms with Gasteiger partial charge in [-0.2, -0.15) is 0 Å². The third-order valence-electron chi connectivity index (χ3n) is 4.55. The summed E-state index contributed by atoms with van der Waals surface area (Å²) < 4.78 is 0. The van der Waals surface area contributed by atoms with Crippen LogP contribution >= 0.6 is 0 Å². The number of piperidine rings is 1. The molecule has 1 aliphatic heterocycles. The highest BCUT2D eigenvalue weighted by atomic mass is 16.3. The maximum Gasteiger partial charge on any atom is 0.255 e. The summed E-state index contributed by atoms with van der Waals surface area (Å²) in [6.45, 7) is 3.53. The molecule has 1 aromatic carbocycles. The quantitative estimate of drug-likeness (QED) is 0.948. The number of likely N-dealkylation sites (tertiary alicyclic amines) is 1. The van der Waals surface area contributed by atoms with E-state index < -0.39 is 0 Å². The molecular formula is C19H22N2O2. The average molecular weight is 310 g/mol. The lowest BCUT2D eigenvalue weighted by molar-refractivity contribution is 0.0649. The Bertz CT molecular complexity index is 677. The van der Waals surface area contributed by atoms with Crippen molar-refractivity contribution < 1.29 is 9.90 Å². The van der Waals surface area contributed by atoms with Gasteiger partial charge in [-0.1, -0.05) is 30.3 Å². The summed E-state index contributed by atoms with van der Waals surface area (Å²) in [6, 6.07) is 13.8. The summed E-state index contributed by atoms with van der Waals surface area (Å²) >= 11 is 0. The van der Waals surface area contributed by atoms with E-state index in [4.69, 9.17) is 0 Å². The van der Waals surface area contributed by atoms with E-state index in [2.05, 4.69) is 4.98 Å². The molecule has 4 nitrogen and oxygen atoms in total. The van der Waals surface area contributed by atoms with Gasteiger partial charge in [-0.05, 0) is 37.8 Å². The van der Waals surface area contributed by atoms with Gasteiger partial charge in [0.05, 0.1) is 17.0 Å². The number of pyridine rings is 1. The highest BCUT2D eigenvalue weighted by Gasteiger charge is 2.24. The number of aliphatic hydroxyl groups is 1. The van der Waals surface area contributed by atoms with Crippen LogP contribution in [0.4, 0.5) is 0 Å². The van der Waals surface area contributed by atoms with E-state index in [0.717, 1.165) is 29.8 Å². The predicted molar refractivity (Wildman–Crippen MR) is 90.1 cm³/mol. The van der Waals surface area contributed by atoms with E-state index in [1.807, 2.05) is 54.3 Å². The molecule has 0 saturated carbocycles. The van der Waals surface area contributed by atoms with Crippen molar-refractivity contribution in [3.8, 4) is 11.3 Å². The van der Waals surface area contributed by atoms with Crippen molar-refractivity contribution in [2.45, 2.75) is 19.8 Å². The minimum Gasteiger partial charge on any atom is -0.396 e. The zero-order valence-corrected chi connectivity index (χ0v) is 13.4. The Morgan fingerprint density at radius 2 is 1.87 bits per heavy atom. The topological polar surface area (TPSA) is 53.4 Å². The summed E-state index contributed by atoms with van der Waals surface area (Å²) in [4.78, 5) is 19.2. The maximum atomic E-state index is 12.7. The van der Waals surface area contributed by atoms with Crippen LogP contribution in [0.3, 0.4) is 0 Å². The highest BCUT2D eigenvalue weighted by Crippen LogP contribution is 2.22. The number of carbonyl (C=O) groups is 1. The fraction of sp³-hybridized carbons (Fsp3) is 0.368. The van der Waals surface area contributed by atoms with Crippen LogP contribution in [0.5, 0.6) is 0 Å². The van der Waals surface area contributed by atoms with Crippen molar-refractivity contribution in [2.24, 2.45) is 5.92 Å². The monoisotopic (exact) mass is 310 g/mol. The van der Waals surface area contributed by atoms with Crippen LogP contribution in [-0.2, 0) is 0 Å². The fourth-order valence-electron chi connectivity index (χ4n) is 3.05. The van der Waals surface area contributed by atoms with Crippen molar-refractivity contribution in [3.05, 3.63) is 53.7 Å². The fourth-order valence-corrected chi connectivity index (χ4v) is 3.05. The lowest BCUT2D eigenvalue weighted by atomic mass is 9.97. The summed E-state index contributed by atoms with van der Waals surface area (Å²) in [7, 11) is 0. The molecule has 4 heteroatoms. The Balaban J connectivity index is 1.77. The van der Waals surface area contributed by atoms with Gasteiger partial charge in [0.25, 0.3) is 5.91 Å². The first-order valence-corrected chi connectivity index (χ1v) is 8.12. The molecule has 1 aliphatic rings. The third-order valence-corrected chi connectivity index (χ3v) is 4.55. The van der Waals surface area contributed by atoms with Crippen molar-refractivity contribution in [1.82, 2.24) is 9.88 Å². The van der Waals surface area contributed by atoms with E-state index in [-0.39, 0.29) is 12.5 Å². The lowest BCUT2D eigenvalue weighted by Gasteiger charge is -2.31. The van der Waals surface area contributed by atoms with E-state index in [0.29, 0.717) is 24.6 Å². The summed E-state index contributed by atoms with van der Waals surface area (Å²) in [5.41, 5.74) is 3.38. The first kappa shape index (κ1) is 15.7. The molecule has 0 atom stereocenters. The standard InChI is InChI=1S/C19H22N2O2/c1-14-17(19(23)21-11-9-15(13-22)10-12-21)7-8-18(20-14)16-5-3-2-4-6-16/h2-8,15,22H,9-13H2,1H3. The minimum absolute atomic E-state index is 0.0472. The molecule has 120 valence electrons. The van der Waals surface area contributed by atoms with Gasteiger partial charge < -0.3 is 10.0 Å². The molecule has 0 aliphatic carbocycles. The summed E-state index contributed by atoms with van der Waals surface area (Å²) in [5, 5.41) is 9.20. The number of hydrogen-bond acceptors (Lipinski definition) is 3. The number of rotatable bonds is 3. The number of aromatic nitrogens is 1. The molecule has 1 saturated heterocycles. The second-order valence-corrected chi connectivity index (χ2v) is 6.11. The van der Waals surface area contributed by atoms with Crippen LogP contribution in [0.25, 0.3) is 11.3 Å². The van der Waals surface area contributed by atoms with Crippen molar-refractivity contribution >= 4 is 5.91 Å². The van der Waals surface area contributed by atoms with Crippen LogP contribution in [0.2, 0.25) is 0 Å². The molecule has 0 bridgehead atoms. The molecular weight excluding hydrogens is 288 g/mol. The van der Waals surface area contributed by atoms with Gasteiger partial charge >= 0.3 is 0 Å². The number of aliphatic hydroxyl groups excluding tert-OH is 1. The van der Waals surface area contributed by atoms with Gasteiger partial charge in [-0.25, -0.2) is 0 Å². The van der Waals surface area contributed by atoms with Gasteiger partial charge in [0.15, 0.2) is 0 Å². The Morgan fingerprint density at radius 3 is 2.48 bits per heavy atom. The van der Waals surface area contributed by atoms with Crippen LogP contribution in [0.1, 0.15) is 28.9 Å². The van der Waals surface area contributed by atoms with E-state index in [9.17, 15) is 9.90 Å². The molecule has 2 aromatic rings. The zero-order valence-electron chi connectivity index (χ0n) is 13.4. The number of benzene rings is 1. The molecule has 1 aromatic heterocycles. The molecule has 2 heterocycles. The van der Waals surface area contributed by atoms with E-state index in [1.54, 1.807) is 0 Å². The number of aryl methyl sites for hydroxylation is 1. The minimum atomic E-state index is 0.0472. The second kappa shape index (κ2) is 6.92. The predicted octanol–water partition coefficient (Wildman–Crippen LogP) is 2.90. The Morgan fingerprint density at radius 1 is 1.17 bits per heavy atom. The zero-order chi connectivity index (χ0) is 16.2. The number of hydrogen-bond donors (Lipinski definition) is 1. The van der Waals surface area contributed by atoms with Crippen LogP contribution in [0.15, 0.2) is 42.5 Å². The van der Waals surface area contributed by atoms with E-state index in [1.165, 1.54) is 0 Å². The van der Waals surface area contributed by atoms with Crippen molar-refractivity contribution in [3.63, 3.8) is 0 Å². The molecule has 1 fully saturated rings. The second-order valence-electron chi connectivity index (χ2n) is 6.11. The molecule has 0 unspecified atom stereocenters. The number of amides is 1. The van der Waals surface area contributed by atoms with Crippen molar-refractivity contribution in [1.29, 1.82) is 0 Å².